The fourth-order valence-electron chi connectivity index (χ4n) is 2.29. The molecular formula is C16H22N2O5. The van der Waals surface area contributed by atoms with Crippen LogP contribution in [0.15, 0.2) is 18.2 Å². The van der Waals surface area contributed by atoms with E-state index in [1.165, 1.54) is 26.1 Å². The van der Waals surface area contributed by atoms with Gasteiger partial charge in [-0.1, -0.05) is 12.1 Å². The van der Waals surface area contributed by atoms with Gasteiger partial charge in [-0.05, 0) is 40.2 Å². The van der Waals surface area contributed by atoms with Crippen molar-refractivity contribution in [2.75, 3.05) is 7.05 Å². The normalized spacial score (nSPS) is 13.8. The van der Waals surface area contributed by atoms with Crippen LogP contribution in [-0.4, -0.2) is 34.9 Å². The van der Waals surface area contributed by atoms with E-state index in [0.717, 1.165) is 4.90 Å². The molecule has 0 bridgehead atoms. The van der Waals surface area contributed by atoms with E-state index in [2.05, 4.69) is 0 Å². The summed E-state index contributed by atoms with van der Waals surface area (Å²) in [4.78, 5) is 35.9. The Morgan fingerprint density at radius 2 is 1.87 bits per heavy atom. The van der Waals surface area contributed by atoms with Crippen molar-refractivity contribution in [1.29, 1.82) is 0 Å². The van der Waals surface area contributed by atoms with Gasteiger partial charge in [-0.2, -0.15) is 0 Å². The molecule has 0 saturated carbocycles. The van der Waals surface area contributed by atoms with E-state index in [-0.39, 0.29) is 11.3 Å². The lowest BCUT2D eigenvalue weighted by atomic mass is 9.87. The Morgan fingerprint density at radius 3 is 2.30 bits per heavy atom. The lowest BCUT2D eigenvalue weighted by Gasteiger charge is -2.36. The molecule has 0 aromatic heterocycles. The van der Waals surface area contributed by atoms with Crippen molar-refractivity contribution in [1.82, 2.24) is 4.90 Å². The summed E-state index contributed by atoms with van der Waals surface area (Å²) < 4.78 is 5.27. The highest BCUT2D eigenvalue weighted by Gasteiger charge is 2.42. The summed E-state index contributed by atoms with van der Waals surface area (Å²) in [6.07, 6.45) is -0.212. The Balaban J connectivity index is 3.44. The highest BCUT2D eigenvalue weighted by Crippen LogP contribution is 2.35. The van der Waals surface area contributed by atoms with Crippen molar-refractivity contribution in [2.24, 2.45) is 0 Å². The van der Waals surface area contributed by atoms with Gasteiger partial charge in [0, 0.05) is 13.1 Å². The zero-order chi connectivity index (χ0) is 18.0. The quantitative estimate of drug-likeness (QED) is 0.482. The highest BCUT2D eigenvalue weighted by molar-refractivity contribution is 5.80. The fraction of sp³-hybridized carbons (Fsp3) is 0.500. The predicted octanol–water partition coefficient (Wildman–Crippen LogP) is 3.18. The molecule has 0 spiro atoms. The van der Waals surface area contributed by atoms with E-state index in [4.69, 9.17) is 4.74 Å². The van der Waals surface area contributed by atoms with Gasteiger partial charge in [0.1, 0.15) is 17.4 Å². The van der Waals surface area contributed by atoms with Crippen LogP contribution in [0.1, 0.15) is 38.8 Å². The standard InChI is InChI=1S/C16H22N2O5/c1-11-8-7-9-12(18(21)22)13(11)16(5,10-19)17(6)14(20)23-15(2,3)4/h7-10H,1-6H3. The Bertz CT molecular complexity index is 636. The van der Waals surface area contributed by atoms with Gasteiger partial charge in [0.05, 0.1) is 10.5 Å². The van der Waals surface area contributed by atoms with E-state index in [1.807, 2.05) is 0 Å². The average Bonchev–Trinajstić information content (AvgIpc) is 2.43. The van der Waals surface area contributed by atoms with Crippen molar-refractivity contribution < 1.29 is 19.2 Å². The molecule has 1 aromatic carbocycles. The monoisotopic (exact) mass is 322 g/mol. The van der Waals surface area contributed by atoms with Gasteiger partial charge in [0.2, 0.25) is 0 Å². The maximum atomic E-state index is 12.3. The van der Waals surface area contributed by atoms with Crippen LogP contribution in [0.5, 0.6) is 0 Å². The molecule has 0 radical (unpaired) electrons. The van der Waals surface area contributed by atoms with Crippen LogP contribution in [0.2, 0.25) is 0 Å². The second-order valence-corrected chi connectivity index (χ2v) is 6.53. The summed E-state index contributed by atoms with van der Waals surface area (Å²) in [6, 6.07) is 4.51. The number of benzene rings is 1. The maximum Gasteiger partial charge on any atom is 0.411 e. The number of nitrogens with zero attached hydrogens (tertiary/aromatic N) is 2. The molecule has 1 amide bonds. The number of carbonyl (C=O) groups excluding carboxylic acids is 2. The van der Waals surface area contributed by atoms with Crippen LogP contribution in [0.4, 0.5) is 10.5 Å². The zero-order valence-corrected chi connectivity index (χ0v) is 14.2. The number of aldehydes is 1. The Kier molecular flexibility index (Phi) is 5.14. The van der Waals surface area contributed by atoms with E-state index >= 15 is 0 Å². The van der Waals surface area contributed by atoms with Crippen molar-refractivity contribution in [3.05, 3.63) is 39.4 Å². The number of nitro groups is 1. The first-order valence-corrected chi connectivity index (χ1v) is 7.11. The van der Waals surface area contributed by atoms with Crippen molar-refractivity contribution in [3.63, 3.8) is 0 Å². The summed E-state index contributed by atoms with van der Waals surface area (Å²) in [7, 11) is 1.39. The number of amides is 1. The molecule has 0 saturated heterocycles. The number of hydrogen-bond donors (Lipinski definition) is 0. The number of aryl methyl sites for hydroxylation is 1. The van der Waals surface area contributed by atoms with E-state index < -0.39 is 22.2 Å². The first kappa shape index (κ1) is 18.6. The van der Waals surface area contributed by atoms with Crippen LogP contribution in [0.3, 0.4) is 0 Å². The number of rotatable bonds is 4. The molecular weight excluding hydrogens is 300 g/mol. The molecule has 1 unspecified atom stereocenters. The van der Waals surface area contributed by atoms with Crippen molar-refractivity contribution in [2.45, 2.75) is 45.8 Å². The summed E-state index contributed by atoms with van der Waals surface area (Å²) in [5.74, 6) is 0. The second-order valence-electron chi connectivity index (χ2n) is 6.53. The molecule has 0 aliphatic heterocycles. The van der Waals surface area contributed by atoms with Crippen LogP contribution < -0.4 is 0 Å². The number of hydrogen-bond acceptors (Lipinski definition) is 5. The molecule has 0 heterocycles. The Labute approximate surface area is 135 Å². The molecule has 0 aliphatic carbocycles. The van der Waals surface area contributed by atoms with Gasteiger partial charge in [-0.15, -0.1) is 0 Å². The molecule has 126 valence electrons. The predicted molar refractivity (Wildman–Crippen MR) is 85.2 cm³/mol. The lowest BCUT2D eigenvalue weighted by Crippen LogP contribution is -2.48. The number of carbonyl (C=O) groups is 2. The second kappa shape index (κ2) is 6.36. The minimum atomic E-state index is -1.52. The number of ether oxygens (including phenoxy) is 1. The van der Waals surface area contributed by atoms with Crippen LogP contribution in [0, 0.1) is 17.0 Å². The Morgan fingerprint density at radius 1 is 1.30 bits per heavy atom. The lowest BCUT2D eigenvalue weighted by molar-refractivity contribution is -0.386. The van der Waals surface area contributed by atoms with E-state index in [1.54, 1.807) is 33.8 Å². The van der Waals surface area contributed by atoms with Gasteiger partial charge >= 0.3 is 6.09 Å². The number of nitro benzene ring substituents is 1. The third-order valence-corrected chi connectivity index (χ3v) is 3.55. The van der Waals surface area contributed by atoms with E-state index in [0.29, 0.717) is 11.8 Å². The molecule has 0 aliphatic rings. The number of likely N-dealkylation sites (N-methyl/N-ethyl adjacent to an activating group) is 1. The topological polar surface area (TPSA) is 89.8 Å². The van der Waals surface area contributed by atoms with Gasteiger partial charge in [-0.3, -0.25) is 15.0 Å². The molecule has 0 N–H and O–H groups in total. The SMILES string of the molecule is Cc1cccc([N+](=O)[O-])c1C(C)(C=O)N(C)C(=O)OC(C)(C)C. The summed E-state index contributed by atoms with van der Waals surface area (Å²) >= 11 is 0. The van der Waals surface area contributed by atoms with Crippen molar-refractivity contribution in [3.8, 4) is 0 Å². The van der Waals surface area contributed by atoms with E-state index in [9.17, 15) is 19.7 Å². The minimum Gasteiger partial charge on any atom is -0.444 e. The van der Waals surface area contributed by atoms with Crippen LogP contribution in [-0.2, 0) is 15.1 Å². The molecule has 7 nitrogen and oxygen atoms in total. The molecule has 7 heteroatoms. The van der Waals surface area contributed by atoms with Gasteiger partial charge in [-0.25, -0.2) is 4.79 Å². The van der Waals surface area contributed by atoms with Crippen molar-refractivity contribution >= 4 is 18.1 Å². The molecule has 1 aromatic rings. The van der Waals surface area contributed by atoms with Gasteiger partial charge < -0.3 is 9.53 Å². The van der Waals surface area contributed by atoms with Gasteiger partial charge in [0.15, 0.2) is 0 Å². The van der Waals surface area contributed by atoms with Gasteiger partial charge in [0.25, 0.3) is 5.69 Å². The molecule has 0 fully saturated rings. The average molecular weight is 322 g/mol. The fourth-order valence-corrected chi connectivity index (χ4v) is 2.29. The largest absolute Gasteiger partial charge is 0.444 e. The summed E-state index contributed by atoms with van der Waals surface area (Å²) in [5, 5.41) is 11.3. The summed E-state index contributed by atoms with van der Waals surface area (Å²) in [6.45, 7) is 8.22. The van der Waals surface area contributed by atoms with Crippen LogP contribution in [0.25, 0.3) is 0 Å². The maximum absolute atomic E-state index is 12.3. The molecule has 1 atom stereocenters. The first-order chi connectivity index (χ1) is 10.4. The van der Waals surface area contributed by atoms with Crippen LogP contribution >= 0.6 is 0 Å². The third-order valence-electron chi connectivity index (χ3n) is 3.55. The smallest absolute Gasteiger partial charge is 0.411 e. The first-order valence-electron chi connectivity index (χ1n) is 7.11. The zero-order valence-electron chi connectivity index (χ0n) is 14.2. The highest BCUT2D eigenvalue weighted by atomic mass is 16.6. The Hall–Kier alpha value is -2.44. The third kappa shape index (κ3) is 3.85. The summed E-state index contributed by atoms with van der Waals surface area (Å²) in [5.41, 5.74) is -1.75. The molecule has 1 rings (SSSR count). The molecule has 23 heavy (non-hydrogen) atoms. The minimum absolute atomic E-state index is 0.174.